The van der Waals surface area contributed by atoms with Crippen molar-refractivity contribution in [3.8, 4) is 28.7 Å². The number of primary amides is 1. The van der Waals surface area contributed by atoms with Crippen molar-refractivity contribution in [3.63, 3.8) is 0 Å². The van der Waals surface area contributed by atoms with Crippen molar-refractivity contribution >= 4 is 39.2 Å². The van der Waals surface area contributed by atoms with Gasteiger partial charge in [0.25, 0.3) is 11.8 Å². The Balaban J connectivity index is 1.41. The molecule has 0 unspecified atom stereocenters. The van der Waals surface area contributed by atoms with Crippen molar-refractivity contribution < 1.29 is 28.5 Å². The molecule has 0 atom stereocenters. The van der Waals surface area contributed by atoms with E-state index < -0.39 is 5.91 Å². The first-order chi connectivity index (χ1) is 18.9. The van der Waals surface area contributed by atoms with Crippen LogP contribution in [-0.4, -0.2) is 38.1 Å². The number of hydrogen-bond acceptors (Lipinski definition) is 7. The number of aromatic nitrogens is 1. The molecule has 196 valence electrons. The summed E-state index contributed by atoms with van der Waals surface area (Å²) >= 11 is 0. The van der Waals surface area contributed by atoms with Crippen molar-refractivity contribution in [2.45, 2.75) is 0 Å². The molecule has 5 aromatic rings. The molecule has 2 amide bonds. The fourth-order valence-corrected chi connectivity index (χ4v) is 4.24. The minimum atomic E-state index is -0.611. The van der Waals surface area contributed by atoms with Crippen LogP contribution in [0.5, 0.6) is 28.7 Å². The van der Waals surface area contributed by atoms with Crippen LogP contribution in [0.1, 0.15) is 20.7 Å². The minimum absolute atomic E-state index is 0.236. The van der Waals surface area contributed by atoms with Crippen LogP contribution >= 0.6 is 0 Å². The van der Waals surface area contributed by atoms with Gasteiger partial charge in [-0.15, -0.1) is 0 Å². The molecule has 3 N–H and O–H groups in total. The quantitative estimate of drug-likeness (QED) is 0.273. The predicted molar refractivity (Wildman–Crippen MR) is 148 cm³/mol. The maximum atomic E-state index is 12.9. The normalized spacial score (nSPS) is 10.7. The van der Waals surface area contributed by atoms with E-state index in [2.05, 4.69) is 10.3 Å². The van der Waals surface area contributed by atoms with E-state index in [9.17, 15) is 9.59 Å². The first-order valence-corrected chi connectivity index (χ1v) is 11.9. The van der Waals surface area contributed by atoms with Crippen LogP contribution in [0.2, 0.25) is 0 Å². The topological polar surface area (TPSA) is 122 Å². The molecule has 1 heterocycles. The summed E-state index contributed by atoms with van der Waals surface area (Å²) in [5, 5.41) is 5.24. The van der Waals surface area contributed by atoms with Gasteiger partial charge in [0.05, 0.1) is 32.4 Å². The zero-order chi connectivity index (χ0) is 27.5. The number of methoxy groups -OCH3 is 3. The smallest absolute Gasteiger partial charge is 0.255 e. The average molecular weight is 524 g/mol. The number of hydrogen-bond donors (Lipinski definition) is 2. The van der Waals surface area contributed by atoms with E-state index in [0.29, 0.717) is 50.9 Å². The molecule has 4 aromatic carbocycles. The number of amides is 2. The fraction of sp³-hybridized carbons (Fsp3) is 0.100. The molecule has 0 bridgehead atoms. The first kappa shape index (κ1) is 25.3. The number of fused-ring (bicyclic) bond motifs is 2. The standard InChI is InChI=1S/C30H25N3O6/c1-36-22-12-20(13-23(14-22)37-2)33-30(35)19-5-4-18-11-21(7-6-17(18)10-19)39-27-8-9-32-26-16-28(38-3)25(29(31)34)15-24(26)27/h4-16H,1-3H3,(H2,31,34)(H,33,35). The Morgan fingerprint density at radius 2 is 1.46 bits per heavy atom. The van der Waals surface area contributed by atoms with E-state index in [4.69, 9.17) is 24.7 Å². The molecule has 0 fully saturated rings. The monoisotopic (exact) mass is 523 g/mol. The molecule has 0 aliphatic rings. The Morgan fingerprint density at radius 1 is 0.744 bits per heavy atom. The van der Waals surface area contributed by atoms with Gasteiger partial charge in [0.15, 0.2) is 0 Å². The van der Waals surface area contributed by atoms with Gasteiger partial charge in [0, 0.05) is 47.1 Å². The van der Waals surface area contributed by atoms with Crippen molar-refractivity contribution in [3.05, 3.63) is 90.1 Å². The maximum absolute atomic E-state index is 12.9. The van der Waals surface area contributed by atoms with Gasteiger partial charge < -0.3 is 30.0 Å². The lowest BCUT2D eigenvalue weighted by molar-refractivity contribution is 0.0995. The van der Waals surface area contributed by atoms with Crippen LogP contribution in [-0.2, 0) is 0 Å². The number of nitrogens with one attached hydrogen (secondary N) is 1. The Hall–Kier alpha value is -5.31. The van der Waals surface area contributed by atoms with Crippen LogP contribution in [0.25, 0.3) is 21.7 Å². The van der Waals surface area contributed by atoms with E-state index in [1.807, 2.05) is 24.3 Å². The molecule has 0 aliphatic heterocycles. The second-order valence-electron chi connectivity index (χ2n) is 8.62. The molecule has 0 spiro atoms. The van der Waals surface area contributed by atoms with Gasteiger partial charge >= 0.3 is 0 Å². The molecule has 0 aliphatic carbocycles. The molecule has 1 aromatic heterocycles. The van der Waals surface area contributed by atoms with Gasteiger partial charge in [-0.1, -0.05) is 12.1 Å². The first-order valence-electron chi connectivity index (χ1n) is 11.9. The largest absolute Gasteiger partial charge is 0.497 e. The lowest BCUT2D eigenvalue weighted by Gasteiger charge is -2.12. The summed E-state index contributed by atoms with van der Waals surface area (Å²) in [5.41, 5.74) is 7.41. The number of carbonyl (C=O) groups is 2. The zero-order valence-electron chi connectivity index (χ0n) is 21.5. The minimum Gasteiger partial charge on any atom is -0.497 e. The zero-order valence-corrected chi connectivity index (χ0v) is 21.5. The number of benzene rings is 4. The highest BCUT2D eigenvalue weighted by Gasteiger charge is 2.15. The van der Waals surface area contributed by atoms with Crippen LogP contribution in [0.4, 0.5) is 5.69 Å². The second-order valence-corrected chi connectivity index (χ2v) is 8.62. The lowest BCUT2D eigenvalue weighted by Crippen LogP contribution is -2.12. The Kier molecular flexibility index (Phi) is 6.88. The van der Waals surface area contributed by atoms with Crippen LogP contribution in [0, 0.1) is 0 Å². The molecule has 0 saturated carbocycles. The van der Waals surface area contributed by atoms with E-state index in [0.717, 1.165) is 10.8 Å². The summed E-state index contributed by atoms with van der Waals surface area (Å²) < 4.78 is 22.0. The van der Waals surface area contributed by atoms with E-state index >= 15 is 0 Å². The van der Waals surface area contributed by atoms with E-state index in [-0.39, 0.29) is 11.5 Å². The van der Waals surface area contributed by atoms with E-state index in [1.54, 1.807) is 68.9 Å². The predicted octanol–water partition coefficient (Wildman–Crippen LogP) is 5.56. The van der Waals surface area contributed by atoms with Crippen molar-refractivity contribution in [2.24, 2.45) is 5.73 Å². The second kappa shape index (κ2) is 10.6. The number of carbonyl (C=O) groups excluding carboxylic acids is 2. The van der Waals surface area contributed by atoms with Crippen LogP contribution in [0.3, 0.4) is 0 Å². The maximum Gasteiger partial charge on any atom is 0.255 e. The highest BCUT2D eigenvalue weighted by Crippen LogP contribution is 2.34. The fourth-order valence-electron chi connectivity index (χ4n) is 4.24. The number of anilines is 1. The van der Waals surface area contributed by atoms with Gasteiger partial charge in [-0.05, 0) is 47.2 Å². The molecule has 39 heavy (non-hydrogen) atoms. The number of nitrogens with two attached hydrogens (primary N) is 1. The van der Waals surface area contributed by atoms with Gasteiger partial charge in [0.2, 0.25) is 0 Å². The summed E-state index contributed by atoms with van der Waals surface area (Å²) in [4.78, 5) is 29.2. The van der Waals surface area contributed by atoms with Crippen molar-refractivity contribution in [1.29, 1.82) is 0 Å². The Bertz CT molecular complexity index is 1710. The lowest BCUT2D eigenvalue weighted by atomic mass is 10.1. The summed E-state index contributed by atoms with van der Waals surface area (Å²) in [7, 11) is 4.57. The van der Waals surface area contributed by atoms with Crippen molar-refractivity contribution in [2.75, 3.05) is 26.6 Å². The van der Waals surface area contributed by atoms with Gasteiger partial charge in [-0.2, -0.15) is 0 Å². The molecular weight excluding hydrogens is 498 g/mol. The number of pyridine rings is 1. The Morgan fingerprint density at radius 3 is 2.15 bits per heavy atom. The molecule has 5 rings (SSSR count). The SMILES string of the molecule is COc1cc(NC(=O)c2ccc3cc(Oc4ccnc5cc(OC)c(C(N)=O)cc45)ccc3c2)cc(OC)c1. The molecule has 9 heteroatoms. The van der Waals surface area contributed by atoms with Crippen LogP contribution in [0.15, 0.2) is 79.0 Å². The summed E-state index contributed by atoms with van der Waals surface area (Å²) in [6.45, 7) is 0. The third kappa shape index (κ3) is 5.24. The average Bonchev–Trinajstić information content (AvgIpc) is 2.95. The summed E-state index contributed by atoms with van der Waals surface area (Å²) in [6, 6.07) is 21.1. The number of ether oxygens (including phenoxy) is 4. The van der Waals surface area contributed by atoms with Crippen molar-refractivity contribution in [1.82, 2.24) is 4.98 Å². The van der Waals surface area contributed by atoms with Gasteiger partial charge in [-0.3, -0.25) is 14.6 Å². The molecular formula is C30H25N3O6. The summed E-state index contributed by atoms with van der Waals surface area (Å²) in [5.74, 6) is 1.69. The molecule has 0 radical (unpaired) electrons. The van der Waals surface area contributed by atoms with E-state index in [1.165, 1.54) is 7.11 Å². The Labute approximate surface area is 224 Å². The third-order valence-corrected chi connectivity index (χ3v) is 6.20. The van der Waals surface area contributed by atoms with Gasteiger partial charge in [0.1, 0.15) is 28.7 Å². The number of rotatable bonds is 8. The van der Waals surface area contributed by atoms with Crippen LogP contribution < -0.4 is 30.0 Å². The molecule has 0 saturated heterocycles. The highest BCUT2D eigenvalue weighted by atomic mass is 16.5. The third-order valence-electron chi connectivity index (χ3n) is 6.20. The summed E-state index contributed by atoms with van der Waals surface area (Å²) in [6.07, 6.45) is 1.62. The highest BCUT2D eigenvalue weighted by molar-refractivity contribution is 6.06. The molecule has 9 nitrogen and oxygen atoms in total. The number of nitrogens with zero attached hydrogens (tertiary/aromatic N) is 1. The van der Waals surface area contributed by atoms with Gasteiger partial charge in [-0.25, -0.2) is 0 Å².